The summed E-state index contributed by atoms with van der Waals surface area (Å²) in [5.74, 6) is -1.07. The monoisotopic (exact) mass is 429 g/mol. The van der Waals surface area contributed by atoms with E-state index >= 15 is 0 Å². The Kier molecular flexibility index (Phi) is 6.00. The Hall–Kier alpha value is -3.57. The summed E-state index contributed by atoms with van der Waals surface area (Å²) < 4.78 is 27.0. The molecule has 0 saturated heterocycles. The standard InChI is InChI=1S/C18H15N5O4S2/c24-16(25)12-3-1-4-14(11-12)22-18(28)21-13-5-7-15(8-6-13)29(26,27)23-17-19-9-2-10-20-17/h1-11H,(H,24,25)(H,19,20,23)(H2,21,22,28). The molecule has 0 spiro atoms. The van der Waals surface area contributed by atoms with E-state index in [0.29, 0.717) is 11.4 Å². The number of aromatic carboxylic acids is 1. The molecule has 3 rings (SSSR count). The number of carboxylic acids is 1. The summed E-state index contributed by atoms with van der Waals surface area (Å²) >= 11 is 5.20. The van der Waals surface area contributed by atoms with Crippen LogP contribution in [0, 0.1) is 0 Å². The van der Waals surface area contributed by atoms with E-state index < -0.39 is 16.0 Å². The van der Waals surface area contributed by atoms with Crippen molar-refractivity contribution >= 4 is 50.6 Å². The molecule has 0 saturated carbocycles. The second kappa shape index (κ2) is 8.63. The van der Waals surface area contributed by atoms with E-state index in [-0.39, 0.29) is 21.5 Å². The highest BCUT2D eigenvalue weighted by Crippen LogP contribution is 2.17. The molecule has 29 heavy (non-hydrogen) atoms. The van der Waals surface area contributed by atoms with Gasteiger partial charge in [-0.2, -0.15) is 0 Å². The Bertz CT molecular complexity index is 1140. The van der Waals surface area contributed by atoms with Crippen molar-refractivity contribution in [2.24, 2.45) is 0 Å². The van der Waals surface area contributed by atoms with Crippen molar-refractivity contribution in [1.82, 2.24) is 9.97 Å². The predicted molar refractivity (Wildman–Crippen MR) is 113 cm³/mol. The predicted octanol–water partition coefficient (Wildman–Crippen LogP) is 2.78. The van der Waals surface area contributed by atoms with Gasteiger partial charge in [-0.05, 0) is 60.7 Å². The van der Waals surface area contributed by atoms with Crippen LogP contribution in [0.4, 0.5) is 17.3 Å². The molecule has 0 bridgehead atoms. The van der Waals surface area contributed by atoms with E-state index in [2.05, 4.69) is 25.3 Å². The van der Waals surface area contributed by atoms with Gasteiger partial charge in [0, 0.05) is 23.8 Å². The minimum absolute atomic E-state index is 0.0244. The summed E-state index contributed by atoms with van der Waals surface area (Å²) in [7, 11) is -3.83. The average Bonchev–Trinajstić information content (AvgIpc) is 2.69. The molecule has 11 heteroatoms. The summed E-state index contributed by atoms with van der Waals surface area (Å²) in [6.07, 6.45) is 2.86. The molecule has 0 aliphatic rings. The number of hydrogen-bond donors (Lipinski definition) is 4. The van der Waals surface area contributed by atoms with Gasteiger partial charge in [-0.1, -0.05) is 6.07 Å². The lowest BCUT2D eigenvalue weighted by Crippen LogP contribution is -2.19. The molecule has 2 aromatic carbocycles. The van der Waals surface area contributed by atoms with Crippen LogP contribution in [0.2, 0.25) is 0 Å². The van der Waals surface area contributed by atoms with E-state index in [1.54, 1.807) is 30.3 Å². The van der Waals surface area contributed by atoms with Crippen LogP contribution in [0.1, 0.15) is 10.4 Å². The van der Waals surface area contributed by atoms with Crippen molar-refractivity contribution in [3.8, 4) is 0 Å². The summed E-state index contributed by atoms with van der Waals surface area (Å²) in [6.45, 7) is 0. The number of anilines is 3. The fraction of sp³-hybridized carbons (Fsp3) is 0. The average molecular weight is 429 g/mol. The van der Waals surface area contributed by atoms with Gasteiger partial charge in [0.05, 0.1) is 10.5 Å². The molecular weight excluding hydrogens is 414 g/mol. The first kappa shape index (κ1) is 20.2. The van der Waals surface area contributed by atoms with Crippen LogP contribution >= 0.6 is 12.2 Å². The van der Waals surface area contributed by atoms with Crippen LogP contribution in [0.25, 0.3) is 0 Å². The summed E-state index contributed by atoms with van der Waals surface area (Å²) in [5, 5.41) is 15.0. The number of carboxylic acid groups (broad SMARTS) is 1. The van der Waals surface area contributed by atoms with Gasteiger partial charge in [-0.15, -0.1) is 0 Å². The lowest BCUT2D eigenvalue weighted by atomic mass is 10.2. The van der Waals surface area contributed by atoms with E-state index in [1.165, 1.54) is 36.7 Å². The van der Waals surface area contributed by atoms with Crippen molar-refractivity contribution in [1.29, 1.82) is 0 Å². The van der Waals surface area contributed by atoms with E-state index in [0.717, 1.165) is 0 Å². The second-order valence-corrected chi connectivity index (χ2v) is 7.76. The molecule has 3 aromatic rings. The van der Waals surface area contributed by atoms with Crippen LogP contribution in [-0.2, 0) is 10.0 Å². The zero-order valence-electron chi connectivity index (χ0n) is 14.7. The highest BCUT2D eigenvalue weighted by molar-refractivity contribution is 7.92. The minimum atomic E-state index is -3.83. The first-order valence-electron chi connectivity index (χ1n) is 8.15. The summed E-state index contributed by atoms with van der Waals surface area (Å²) in [6, 6.07) is 13.7. The number of aromatic nitrogens is 2. The van der Waals surface area contributed by atoms with Gasteiger partial charge in [0.2, 0.25) is 5.95 Å². The van der Waals surface area contributed by atoms with Crippen molar-refractivity contribution in [2.75, 3.05) is 15.4 Å². The van der Waals surface area contributed by atoms with Crippen LogP contribution in [0.15, 0.2) is 71.9 Å². The van der Waals surface area contributed by atoms with Crippen LogP contribution in [0.5, 0.6) is 0 Å². The Morgan fingerprint density at radius 3 is 2.24 bits per heavy atom. The molecule has 1 aromatic heterocycles. The van der Waals surface area contributed by atoms with Crippen LogP contribution < -0.4 is 15.4 Å². The maximum Gasteiger partial charge on any atom is 0.335 e. The number of sulfonamides is 1. The van der Waals surface area contributed by atoms with Crippen molar-refractivity contribution in [3.05, 3.63) is 72.6 Å². The third kappa shape index (κ3) is 5.46. The molecular formula is C18H15N5O4S2. The number of carbonyl (C=O) groups is 1. The number of rotatable bonds is 6. The van der Waals surface area contributed by atoms with E-state index in [9.17, 15) is 13.2 Å². The molecule has 0 amide bonds. The Morgan fingerprint density at radius 1 is 0.931 bits per heavy atom. The van der Waals surface area contributed by atoms with Gasteiger partial charge < -0.3 is 15.7 Å². The smallest absolute Gasteiger partial charge is 0.335 e. The molecule has 1 heterocycles. The fourth-order valence-corrected chi connectivity index (χ4v) is 3.47. The lowest BCUT2D eigenvalue weighted by molar-refractivity contribution is 0.0697. The van der Waals surface area contributed by atoms with Crippen LogP contribution in [-0.4, -0.2) is 34.6 Å². The third-order valence-corrected chi connectivity index (χ3v) is 5.13. The Balaban J connectivity index is 1.65. The summed E-state index contributed by atoms with van der Waals surface area (Å²) in [5.41, 5.74) is 1.18. The quantitative estimate of drug-likeness (QED) is 0.436. The number of nitrogens with one attached hydrogen (secondary N) is 3. The number of thiocarbonyl (C=S) groups is 1. The molecule has 9 nitrogen and oxygen atoms in total. The molecule has 4 N–H and O–H groups in total. The molecule has 0 unspecified atom stereocenters. The van der Waals surface area contributed by atoms with Crippen molar-refractivity contribution in [3.63, 3.8) is 0 Å². The van der Waals surface area contributed by atoms with Crippen molar-refractivity contribution < 1.29 is 18.3 Å². The van der Waals surface area contributed by atoms with E-state index in [1.807, 2.05) is 0 Å². The second-order valence-electron chi connectivity index (χ2n) is 5.67. The molecule has 0 aliphatic heterocycles. The SMILES string of the molecule is O=C(O)c1cccc(NC(=S)Nc2ccc(S(=O)(=O)Nc3ncccn3)cc2)c1. The van der Waals surface area contributed by atoms with Gasteiger partial charge in [-0.25, -0.2) is 27.9 Å². The van der Waals surface area contributed by atoms with Gasteiger partial charge in [0.25, 0.3) is 10.0 Å². The topological polar surface area (TPSA) is 133 Å². The highest BCUT2D eigenvalue weighted by Gasteiger charge is 2.15. The normalized spacial score (nSPS) is 10.8. The zero-order chi connectivity index (χ0) is 20.9. The maximum atomic E-state index is 12.4. The summed E-state index contributed by atoms with van der Waals surface area (Å²) in [4.78, 5) is 18.7. The van der Waals surface area contributed by atoms with Gasteiger partial charge in [-0.3, -0.25) is 0 Å². The van der Waals surface area contributed by atoms with Crippen molar-refractivity contribution in [2.45, 2.75) is 4.90 Å². The third-order valence-electron chi connectivity index (χ3n) is 3.58. The molecule has 148 valence electrons. The van der Waals surface area contributed by atoms with Gasteiger partial charge in [0.1, 0.15) is 0 Å². The maximum absolute atomic E-state index is 12.4. The van der Waals surface area contributed by atoms with E-state index in [4.69, 9.17) is 17.3 Å². The number of nitrogens with zero attached hydrogens (tertiary/aromatic N) is 2. The molecule has 0 fully saturated rings. The molecule has 0 aliphatic carbocycles. The molecule has 0 radical (unpaired) electrons. The van der Waals surface area contributed by atoms with Gasteiger partial charge in [0.15, 0.2) is 5.11 Å². The Morgan fingerprint density at radius 2 is 1.59 bits per heavy atom. The number of benzene rings is 2. The Labute approximate surface area is 171 Å². The first-order valence-corrected chi connectivity index (χ1v) is 10.0. The number of hydrogen-bond acceptors (Lipinski definition) is 6. The van der Waals surface area contributed by atoms with Crippen LogP contribution in [0.3, 0.4) is 0 Å². The fourth-order valence-electron chi connectivity index (χ4n) is 2.27. The largest absolute Gasteiger partial charge is 0.478 e. The zero-order valence-corrected chi connectivity index (χ0v) is 16.4. The van der Waals surface area contributed by atoms with Gasteiger partial charge >= 0.3 is 5.97 Å². The molecule has 0 atom stereocenters. The lowest BCUT2D eigenvalue weighted by Gasteiger charge is -2.12. The highest BCUT2D eigenvalue weighted by atomic mass is 32.2. The first-order chi connectivity index (χ1) is 13.8. The minimum Gasteiger partial charge on any atom is -0.478 e.